The first-order valence-corrected chi connectivity index (χ1v) is 8.50. The molecule has 2 aromatic rings. The smallest absolute Gasteiger partial charge is 0.264 e. The first-order chi connectivity index (χ1) is 10.2. The van der Waals surface area contributed by atoms with Gasteiger partial charge in [-0.05, 0) is 30.5 Å². The molecule has 0 spiro atoms. The van der Waals surface area contributed by atoms with E-state index >= 15 is 0 Å². The highest BCUT2D eigenvalue weighted by atomic mass is 32.1. The van der Waals surface area contributed by atoms with E-state index in [9.17, 15) is 4.79 Å². The molecule has 3 nitrogen and oxygen atoms in total. The van der Waals surface area contributed by atoms with E-state index in [0.717, 1.165) is 43.9 Å². The summed E-state index contributed by atoms with van der Waals surface area (Å²) in [7, 11) is 2.11. The number of nitrogens with zero attached hydrogens (tertiary/aromatic N) is 2. The summed E-state index contributed by atoms with van der Waals surface area (Å²) < 4.78 is 1.23. The van der Waals surface area contributed by atoms with Gasteiger partial charge in [-0.2, -0.15) is 0 Å². The van der Waals surface area contributed by atoms with Crippen molar-refractivity contribution in [1.29, 1.82) is 0 Å². The van der Waals surface area contributed by atoms with Crippen molar-refractivity contribution in [2.45, 2.75) is 19.8 Å². The van der Waals surface area contributed by atoms with E-state index in [1.807, 2.05) is 4.90 Å². The normalized spacial score (nSPS) is 16.6. The van der Waals surface area contributed by atoms with Crippen LogP contribution >= 0.6 is 11.3 Å². The second-order valence-corrected chi connectivity index (χ2v) is 6.80. The van der Waals surface area contributed by atoms with E-state index in [1.54, 1.807) is 11.3 Å². The summed E-state index contributed by atoms with van der Waals surface area (Å²) in [5.74, 6) is 0.229. The lowest BCUT2D eigenvalue weighted by Crippen LogP contribution is -2.47. The molecule has 0 unspecified atom stereocenters. The maximum atomic E-state index is 12.9. The number of likely N-dealkylation sites (N-methyl/N-ethyl adjacent to an activating group) is 1. The monoisotopic (exact) mass is 302 g/mol. The van der Waals surface area contributed by atoms with Crippen molar-refractivity contribution in [1.82, 2.24) is 9.80 Å². The lowest BCUT2D eigenvalue weighted by molar-refractivity contribution is 0.0668. The Hall–Kier alpha value is -1.39. The zero-order valence-corrected chi connectivity index (χ0v) is 13.6. The highest BCUT2D eigenvalue weighted by Crippen LogP contribution is 2.33. The Labute approximate surface area is 130 Å². The number of carbonyl (C=O) groups excluding carboxylic acids is 1. The first-order valence-electron chi connectivity index (χ1n) is 7.69. The van der Waals surface area contributed by atoms with Crippen LogP contribution in [0.15, 0.2) is 24.3 Å². The molecule has 0 bridgehead atoms. The number of hydrogen-bond acceptors (Lipinski definition) is 3. The van der Waals surface area contributed by atoms with E-state index in [-0.39, 0.29) is 5.91 Å². The lowest BCUT2D eigenvalue weighted by Gasteiger charge is -2.32. The number of thiophene rings is 1. The standard InChI is InChI=1S/C17H22N2OS/c1-3-6-14-13-7-4-5-8-15(13)21-16(14)17(20)19-11-9-18(2)10-12-19/h4-5,7-8H,3,6,9-12H2,1-2H3. The molecule has 21 heavy (non-hydrogen) atoms. The van der Waals surface area contributed by atoms with Gasteiger partial charge in [0.1, 0.15) is 0 Å². The van der Waals surface area contributed by atoms with Crippen LogP contribution in [-0.4, -0.2) is 48.9 Å². The molecule has 1 aliphatic heterocycles. The third kappa shape index (κ3) is 2.83. The van der Waals surface area contributed by atoms with Crippen molar-refractivity contribution >= 4 is 27.3 Å². The fraction of sp³-hybridized carbons (Fsp3) is 0.471. The van der Waals surface area contributed by atoms with E-state index in [0.29, 0.717) is 0 Å². The minimum absolute atomic E-state index is 0.229. The number of amides is 1. The Kier molecular flexibility index (Phi) is 4.27. The van der Waals surface area contributed by atoms with Crippen molar-refractivity contribution in [2.75, 3.05) is 33.2 Å². The fourth-order valence-corrected chi connectivity index (χ4v) is 4.14. The molecule has 1 aliphatic rings. The Morgan fingerprint density at radius 2 is 1.90 bits per heavy atom. The number of aryl methyl sites for hydroxylation is 1. The van der Waals surface area contributed by atoms with Gasteiger partial charge in [0.2, 0.25) is 0 Å². The molecular weight excluding hydrogens is 280 g/mol. The number of hydrogen-bond donors (Lipinski definition) is 0. The van der Waals surface area contributed by atoms with Crippen molar-refractivity contribution in [3.05, 3.63) is 34.7 Å². The van der Waals surface area contributed by atoms with E-state index in [1.165, 1.54) is 15.6 Å². The summed E-state index contributed by atoms with van der Waals surface area (Å²) >= 11 is 1.66. The summed E-state index contributed by atoms with van der Waals surface area (Å²) in [6.45, 7) is 5.81. The van der Waals surface area contributed by atoms with Crippen LogP contribution in [0.25, 0.3) is 10.1 Å². The third-order valence-corrected chi connectivity index (χ3v) is 5.38. The fourth-order valence-electron chi connectivity index (χ4n) is 2.92. The molecule has 0 atom stereocenters. The molecule has 0 N–H and O–H groups in total. The zero-order chi connectivity index (χ0) is 14.8. The molecule has 1 fully saturated rings. The summed E-state index contributed by atoms with van der Waals surface area (Å²) in [5, 5.41) is 1.27. The molecule has 112 valence electrons. The van der Waals surface area contributed by atoms with E-state index in [2.05, 4.69) is 43.1 Å². The van der Waals surface area contributed by atoms with Crippen LogP contribution in [0, 0.1) is 0 Å². The second-order valence-electron chi connectivity index (χ2n) is 5.75. The van der Waals surface area contributed by atoms with Crippen LogP contribution in [0.2, 0.25) is 0 Å². The third-order valence-electron chi connectivity index (χ3n) is 4.18. The summed E-state index contributed by atoms with van der Waals surface area (Å²) in [4.78, 5) is 18.1. The minimum atomic E-state index is 0.229. The maximum Gasteiger partial charge on any atom is 0.264 e. The van der Waals surface area contributed by atoms with Crippen LogP contribution in [-0.2, 0) is 6.42 Å². The Bertz CT molecular complexity index is 641. The van der Waals surface area contributed by atoms with Crippen LogP contribution in [0.1, 0.15) is 28.6 Å². The molecule has 4 heteroatoms. The Morgan fingerprint density at radius 1 is 1.19 bits per heavy atom. The van der Waals surface area contributed by atoms with Gasteiger partial charge in [-0.25, -0.2) is 0 Å². The number of rotatable bonds is 3. The van der Waals surface area contributed by atoms with Gasteiger partial charge in [-0.1, -0.05) is 31.5 Å². The molecular formula is C17H22N2OS. The zero-order valence-electron chi connectivity index (χ0n) is 12.8. The van der Waals surface area contributed by atoms with Crippen molar-refractivity contribution in [2.24, 2.45) is 0 Å². The quantitative estimate of drug-likeness (QED) is 0.869. The Balaban J connectivity index is 1.95. The molecule has 0 radical (unpaired) electrons. The van der Waals surface area contributed by atoms with Gasteiger partial charge < -0.3 is 9.80 Å². The number of piperazine rings is 1. The van der Waals surface area contributed by atoms with Crippen LogP contribution in [0.5, 0.6) is 0 Å². The average molecular weight is 302 g/mol. The van der Waals surface area contributed by atoms with Gasteiger partial charge in [0.05, 0.1) is 4.88 Å². The molecule has 3 rings (SSSR count). The van der Waals surface area contributed by atoms with Gasteiger partial charge in [-0.3, -0.25) is 4.79 Å². The number of carbonyl (C=O) groups is 1. The average Bonchev–Trinajstić information content (AvgIpc) is 2.87. The number of benzene rings is 1. The summed E-state index contributed by atoms with van der Waals surface area (Å²) in [6, 6.07) is 8.40. The molecule has 1 aromatic carbocycles. The van der Waals surface area contributed by atoms with Crippen molar-refractivity contribution < 1.29 is 4.79 Å². The van der Waals surface area contributed by atoms with Crippen molar-refractivity contribution in [3.63, 3.8) is 0 Å². The lowest BCUT2D eigenvalue weighted by atomic mass is 10.1. The Morgan fingerprint density at radius 3 is 2.62 bits per heavy atom. The SMILES string of the molecule is CCCc1c(C(=O)N2CCN(C)CC2)sc2ccccc12. The second kappa shape index (κ2) is 6.16. The highest BCUT2D eigenvalue weighted by molar-refractivity contribution is 7.21. The van der Waals surface area contributed by atoms with Crippen LogP contribution in [0.3, 0.4) is 0 Å². The first kappa shape index (κ1) is 14.5. The van der Waals surface area contributed by atoms with E-state index in [4.69, 9.17) is 0 Å². The predicted octanol–water partition coefficient (Wildman–Crippen LogP) is 3.24. The molecule has 0 saturated carbocycles. The topological polar surface area (TPSA) is 23.6 Å². The van der Waals surface area contributed by atoms with E-state index < -0.39 is 0 Å². The molecule has 1 amide bonds. The van der Waals surface area contributed by atoms with Crippen LogP contribution in [0.4, 0.5) is 0 Å². The van der Waals surface area contributed by atoms with Gasteiger partial charge in [0.15, 0.2) is 0 Å². The highest BCUT2D eigenvalue weighted by Gasteiger charge is 2.25. The van der Waals surface area contributed by atoms with Crippen LogP contribution < -0.4 is 0 Å². The van der Waals surface area contributed by atoms with Gasteiger partial charge in [0.25, 0.3) is 5.91 Å². The summed E-state index contributed by atoms with van der Waals surface area (Å²) in [5.41, 5.74) is 1.25. The molecule has 1 aromatic heterocycles. The predicted molar refractivity (Wildman–Crippen MR) is 89.2 cm³/mol. The summed E-state index contributed by atoms with van der Waals surface area (Å²) in [6.07, 6.45) is 2.06. The molecule has 2 heterocycles. The largest absolute Gasteiger partial charge is 0.335 e. The molecule has 1 saturated heterocycles. The number of fused-ring (bicyclic) bond motifs is 1. The van der Waals surface area contributed by atoms with Gasteiger partial charge in [-0.15, -0.1) is 11.3 Å². The minimum Gasteiger partial charge on any atom is -0.335 e. The maximum absolute atomic E-state index is 12.9. The van der Waals surface area contributed by atoms with Gasteiger partial charge in [0, 0.05) is 30.9 Å². The van der Waals surface area contributed by atoms with Crippen molar-refractivity contribution in [3.8, 4) is 0 Å². The molecule has 0 aliphatic carbocycles. The van der Waals surface area contributed by atoms with Gasteiger partial charge >= 0.3 is 0 Å².